The van der Waals surface area contributed by atoms with Crippen molar-refractivity contribution >= 4 is 5.82 Å². The topological polar surface area (TPSA) is 64.7 Å². The third-order valence-electron chi connectivity index (χ3n) is 3.87. The summed E-state index contributed by atoms with van der Waals surface area (Å²) in [4.78, 5) is 13.6. The molecule has 0 aromatic carbocycles. The van der Waals surface area contributed by atoms with Crippen LogP contribution in [0.25, 0.3) is 0 Å². The summed E-state index contributed by atoms with van der Waals surface area (Å²) in [5.41, 5.74) is 10.6. The van der Waals surface area contributed by atoms with Gasteiger partial charge in [0.05, 0.1) is 11.4 Å². The fraction of sp³-hybridized carbons (Fsp3) is 0.400. The summed E-state index contributed by atoms with van der Waals surface area (Å²) in [6.45, 7) is 4.06. The number of nitrogen functional groups attached to an aromatic ring is 1. The maximum Gasteiger partial charge on any atom is 0.130 e. The highest BCUT2D eigenvalue weighted by molar-refractivity contribution is 5.46. The largest absolute Gasteiger partial charge is 0.383 e. The maximum atomic E-state index is 6.01. The molecule has 0 amide bonds. The van der Waals surface area contributed by atoms with Crippen LogP contribution in [0.4, 0.5) is 5.82 Å². The van der Waals surface area contributed by atoms with Gasteiger partial charge in [-0.25, -0.2) is 9.97 Å². The van der Waals surface area contributed by atoms with Gasteiger partial charge in [-0.1, -0.05) is 13.0 Å². The smallest absolute Gasteiger partial charge is 0.130 e. The number of anilines is 1. The lowest BCUT2D eigenvalue weighted by Gasteiger charge is -2.15. The summed E-state index contributed by atoms with van der Waals surface area (Å²) in [7, 11) is 0. The van der Waals surface area contributed by atoms with Gasteiger partial charge in [-0.05, 0) is 31.4 Å². The van der Waals surface area contributed by atoms with Crippen molar-refractivity contribution in [1.82, 2.24) is 15.0 Å². The van der Waals surface area contributed by atoms with E-state index in [1.165, 1.54) is 5.56 Å². The lowest BCUT2D eigenvalue weighted by Crippen LogP contribution is -2.11. The quantitative estimate of drug-likeness (QED) is 0.893. The second kappa shape index (κ2) is 4.61. The minimum absolute atomic E-state index is 0.270. The molecular formula is C15H18N4. The summed E-state index contributed by atoms with van der Waals surface area (Å²) >= 11 is 0. The molecular weight excluding hydrogens is 236 g/mol. The van der Waals surface area contributed by atoms with Gasteiger partial charge in [0.25, 0.3) is 0 Å². The predicted molar refractivity (Wildman–Crippen MR) is 75.0 cm³/mol. The van der Waals surface area contributed by atoms with Crippen LogP contribution in [0.2, 0.25) is 0 Å². The molecule has 4 heteroatoms. The van der Waals surface area contributed by atoms with Gasteiger partial charge in [0.1, 0.15) is 11.6 Å². The normalized spacial score (nSPS) is 17.5. The van der Waals surface area contributed by atoms with Crippen molar-refractivity contribution in [3.05, 3.63) is 46.7 Å². The second-order valence-electron chi connectivity index (χ2n) is 5.03. The average molecular weight is 254 g/mol. The van der Waals surface area contributed by atoms with Crippen LogP contribution in [-0.4, -0.2) is 15.0 Å². The molecule has 1 atom stereocenters. The standard InChI is InChI=1S/C15H18N4/c1-3-12-18-13(9(2)15(16)19-12)11-7-6-10-5-4-8-17-14(10)11/h4-5,8,11H,3,6-7H2,1-2H3,(H2,16,18,19). The van der Waals surface area contributed by atoms with E-state index in [1.54, 1.807) is 0 Å². The highest BCUT2D eigenvalue weighted by atomic mass is 15.0. The molecule has 0 saturated carbocycles. The predicted octanol–water partition coefficient (Wildman–Crippen LogP) is 2.40. The number of pyridine rings is 1. The summed E-state index contributed by atoms with van der Waals surface area (Å²) in [6.07, 6.45) is 4.79. The van der Waals surface area contributed by atoms with Crippen molar-refractivity contribution in [1.29, 1.82) is 0 Å². The lowest BCUT2D eigenvalue weighted by atomic mass is 9.98. The van der Waals surface area contributed by atoms with Crippen molar-refractivity contribution in [2.45, 2.75) is 39.0 Å². The molecule has 19 heavy (non-hydrogen) atoms. The molecule has 3 rings (SSSR count). The monoisotopic (exact) mass is 254 g/mol. The fourth-order valence-corrected chi connectivity index (χ4v) is 2.78. The van der Waals surface area contributed by atoms with Crippen LogP contribution in [0.5, 0.6) is 0 Å². The molecule has 4 nitrogen and oxygen atoms in total. The summed E-state index contributed by atoms with van der Waals surface area (Å²) in [5, 5.41) is 0. The van der Waals surface area contributed by atoms with E-state index in [4.69, 9.17) is 10.7 Å². The molecule has 0 spiro atoms. The fourth-order valence-electron chi connectivity index (χ4n) is 2.78. The second-order valence-corrected chi connectivity index (χ2v) is 5.03. The molecule has 0 aliphatic heterocycles. The molecule has 2 heterocycles. The Morgan fingerprint density at radius 3 is 2.95 bits per heavy atom. The van der Waals surface area contributed by atoms with Crippen LogP contribution in [-0.2, 0) is 12.8 Å². The zero-order chi connectivity index (χ0) is 13.4. The first-order valence-corrected chi connectivity index (χ1v) is 6.77. The Hall–Kier alpha value is -1.97. The first kappa shape index (κ1) is 12.1. The highest BCUT2D eigenvalue weighted by Crippen LogP contribution is 2.37. The molecule has 2 aromatic rings. The molecule has 0 radical (unpaired) electrons. The first-order valence-electron chi connectivity index (χ1n) is 6.77. The number of fused-ring (bicyclic) bond motifs is 1. The van der Waals surface area contributed by atoms with Crippen LogP contribution < -0.4 is 5.73 Å². The van der Waals surface area contributed by atoms with Gasteiger partial charge in [0.2, 0.25) is 0 Å². The van der Waals surface area contributed by atoms with E-state index < -0.39 is 0 Å². The van der Waals surface area contributed by atoms with Gasteiger partial charge in [-0.15, -0.1) is 0 Å². The van der Waals surface area contributed by atoms with Gasteiger partial charge < -0.3 is 5.73 Å². The van der Waals surface area contributed by atoms with Crippen molar-refractivity contribution in [3.63, 3.8) is 0 Å². The molecule has 1 unspecified atom stereocenters. The Kier molecular flexibility index (Phi) is 2.93. The molecule has 0 fully saturated rings. The van der Waals surface area contributed by atoms with Crippen LogP contribution in [0, 0.1) is 6.92 Å². The minimum atomic E-state index is 0.270. The third-order valence-corrected chi connectivity index (χ3v) is 3.87. The minimum Gasteiger partial charge on any atom is -0.383 e. The Balaban J connectivity index is 2.11. The summed E-state index contributed by atoms with van der Waals surface area (Å²) in [6, 6.07) is 4.16. The van der Waals surface area contributed by atoms with E-state index in [9.17, 15) is 0 Å². The molecule has 1 aliphatic carbocycles. The number of hydrogen-bond donors (Lipinski definition) is 1. The summed E-state index contributed by atoms with van der Waals surface area (Å²) in [5.74, 6) is 1.69. The zero-order valence-corrected chi connectivity index (χ0v) is 11.3. The number of rotatable bonds is 2. The van der Waals surface area contributed by atoms with Gasteiger partial charge in [0, 0.05) is 24.1 Å². The van der Waals surface area contributed by atoms with E-state index in [0.717, 1.165) is 42.0 Å². The number of hydrogen-bond acceptors (Lipinski definition) is 4. The van der Waals surface area contributed by atoms with Crippen LogP contribution in [0.1, 0.15) is 47.6 Å². The summed E-state index contributed by atoms with van der Waals surface area (Å²) < 4.78 is 0. The average Bonchev–Trinajstić information content (AvgIpc) is 2.85. The third kappa shape index (κ3) is 1.97. The van der Waals surface area contributed by atoms with E-state index in [1.807, 2.05) is 19.2 Å². The molecule has 1 aliphatic rings. The van der Waals surface area contributed by atoms with Crippen molar-refractivity contribution < 1.29 is 0 Å². The molecule has 98 valence electrons. The molecule has 2 aromatic heterocycles. The molecule has 0 bridgehead atoms. The highest BCUT2D eigenvalue weighted by Gasteiger charge is 2.28. The molecule has 0 saturated heterocycles. The van der Waals surface area contributed by atoms with Crippen LogP contribution in [0.15, 0.2) is 18.3 Å². The molecule has 2 N–H and O–H groups in total. The van der Waals surface area contributed by atoms with Gasteiger partial charge in [-0.3, -0.25) is 4.98 Å². The van der Waals surface area contributed by atoms with Crippen LogP contribution >= 0.6 is 0 Å². The SMILES string of the molecule is CCc1nc(N)c(C)c(C2CCc3cccnc32)n1. The Morgan fingerprint density at radius 1 is 1.32 bits per heavy atom. The number of nitrogens with two attached hydrogens (primary N) is 1. The van der Waals surface area contributed by atoms with E-state index >= 15 is 0 Å². The Bertz CT molecular complexity index is 622. The first-order chi connectivity index (χ1) is 9.20. The number of aryl methyl sites for hydroxylation is 2. The van der Waals surface area contributed by atoms with Crippen molar-refractivity contribution in [2.75, 3.05) is 5.73 Å². The van der Waals surface area contributed by atoms with Gasteiger partial charge >= 0.3 is 0 Å². The van der Waals surface area contributed by atoms with Gasteiger partial charge in [0.15, 0.2) is 0 Å². The van der Waals surface area contributed by atoms with Crippen molar-refractivity contribution in [2.24, 2.45) is 0 Å². The van der Waals surface area contributed by atoms with E-state index in [2.05, 4.69) is 23.0 Å². The van der Waals surface area contributed by atoms with Gasteiger partial charge in [-0.2, -0.15) is 0 Å². The maximum absolute atomic E-state index is 6.01. The number of nitrogens with zero attached hydrogens (tertiary/aromatic N) is 3. The lowest BCUT2D eigenvalue weighted by molar-refractivity contribution is 0.723. The Morgan fingerprint density at radius 2 is 2.16 bits per heavy atom. The van der Waals surface area contributed by atoms with Crippen LogP contribution in [0.3, 0.4) is 0 Å². The van der Waals surface area contributed by atoms with E-state index in [0.29, 0.717) is 5.82 Å². The number of aromatic nitrogens is 3. The zero-order valence-electron chi connectivity index (χ0n) is 11.3. The van der Waals surface area contributed by atoms with E-state index in [-0.39, 0.29) is 5.92 Å². The van der Waals surface area contributed by atoms with Crippen molar-refractivity contribution in [3.8, 4) is 0 Å². The Labute approximate surface area is 113 Å².